The molecule has 2 aromatic rings. The number of oxazole rings is 1. The minimum absolute atomic E-state index is 0.0951. The van der Waals surface area contributed by atoms with Crippen LogP contribution in [-0.2, 0) is 0 Å². The quantitative estimate of drug-likeness (QED) is 0.827. The van der Waals surface area contributed by atoms with Gasteiger partial charge in [0.2, 0.25) is 5.78 Å². The summed E-state index contributed by atoms with van der Waals surface area (Å²) in [5.74, 6) is 0.463. The minimum Gasteiger partial charge on any atom is -0.433 e. The van der Waals surface area contributed by atoms with Crippen LogP contribution in [0.5, 0.6) is 0 Å². The molecule has 0 unspecified atom stereocenters. The molecule has 0 aromatic carbocycles. The first-order valence-electron chi connectivity index (χ1n) is 5.02. The van der Waals surface area contributed by atoms with Crippen LogP contribution < -0.4 is 5.73 Å². The number of Topliss-reactive ketones (excluding diaryl/α,β-unsaturated/α-hetero) is 1. The van der Waals surface area contributed by atoms with Crippen LogP contribution in [0.4, 0.5) is 0 Å². The summed E-state index contributed by atoms with van der Waals surface area (Å²) in [5.41, 5.74) is 5.63. The Morgan fingerprint density at radius 2 is 2.50 bits per heavy atom. The first-order chi connectivity index (χ1) is 7.72. The second-order valence-corrected chi connectivity index (χ2v) is 4.33. The summed E-state index contributed by atoms with van der Waals surface area (Å²) in [7, 11) is 0. The lowest BCUT2D eigenvalue weighted by molar-refractivity contribution is 0.0926. The monoisotopic (exact) mass is 236 g/mol. The van der Waals surface area contributed by atoms with Crippen molar-refractivity contribution in [3.05, 3.63) is 29.6 Å². The third kappa shape index (κ3) is 2.05. The zero-order valence-electron chi connectivity index (χ0n) is 8.84. The van der Waals surface area contributed by atoms with E-state index in [-0.39, 0.29) is 11.7 Å². The van der Waals surface area contributed by atoms with Crippen molar-refractivity contribution in [1.82, 2.24) is 4.98 Å². The van der Waals surface area contributed by atoms with Crippen molar-refractivity contribution < 1.29 is 9.21 Å². The largest absolute Gasteiger partial charge is 0.433 e. The number of rotatable bonds is 4. The van der Waals surface area contributed by atoms with Gasteiger partial charge >= 0.3 is 0 Å². The number of hydrogen-bond donors (Lipinski definition) is 1. The van der Waals surface area contributed by atoms with Crippen LogP contribution in [0.2, 0.25) is 0 Å². The van der Waals surface area contributed by atoms with Gasteiger partial charge in [0.05, 0.1) is 17.1 Å². The topological polar surface area (TPSA) is 69.1 Å². The smallest absolute Gasteiger partial charge is 0.265 e. The van der Waals surface area contributed by atoms with E-state index in [1.54, 1.807) is 6.20 Å². The zero-order valence-corrected chi connectivity index (χ0v) is 9.66. The fourth-order valence-corrected chi connectivity index (χ4v) is 1.94. The summed E-state index contributed by atoms with van der Waals surface area (Å²) >= 11 is 1.54. The van der Waals surface area contributed by atoms with Crippen LogP contribution in [0.3, 0.4) is 0 Å². The van der Waals surface area contributed by atoms with Gasteiger partial charge in [0.15, 0.2) is 5.76 Å². The van der Waals surface area contributed by atoms with Crippen LogP contribution >= 0.6 is 11.3 Å². The van der Waals surface area contributed by atoms with E-state index in [4.69, 9.17) is 10.2 Å². The Kier molecular flexibility index (Phi) is 3.17. The summed E-state index contributed by atoms with van der Waals surface area (Å²) in [6, 6.07) is 3.30. The minimum atomic E-state index is -0.533. The van der Waals surface area contributed by atoms with Gasteiger partial charge in [-0.05, 0) is 17.9 Å². The van der Waals surface area contributed by atoms with Crippen LogP contribution in [0.1, 0.15) is 24.0 Å². The highest BCUT2D eigenvalue weighted by Crippen LogP contribution is 2.25. The molecule has 2 N–H and O–H groups in total. The first-order valence-corrected chi connectivity index (χ1v) is 5.90. The van der Waals surface area contributed by atoms with E-state index in [9.17, 15) is 4.79 Å². The molecule has 16 heavy (non-hydrogen) atoms. The van der Waals surface area contributed by atoms with Gasteiger partial charge in [0.25, 0.3) is 5.89 Å². The van der Waals surface area contributed by atoms with Crippen molar-refractivity contribution in [3.63, 3.8) is 0 Å². The van der Waals surface area contributed by atoms with E-state index in [1.165, 1.54) is 11.3 Å². The van der Waals surface area contributed by atoms with E-state index >= 15 is 0 Å². The summed E-state index contributed by atoms with van der Waals surface area (Å²) < 4.78 is 5.38. The number of aromatic nitrogens is 1. The number of nitrogens with zero attached hydrogens (tertiary/aromatic N) is 1. The predicted octanol–water partition coefficient (Wildman–Crippen LogP) is 2.32. The zero-order chi connectivity index (χ0) is 11.5. The highest BCUT2D eigenvalue weighted by molar-refractivity contribution is 7.13. The average Bonchev–Trinajstić information content (AvgIpc) is 2.96. The van der Waals surface area contributed by atoms with Crippen LogP contribution in [0.25, 0.3) is 10.6 Å². The Morgan fingerprint density at radius 1 is 1.69 bits per heavy atom. The van der Waals surface area contributed by atoms with Crippen LogP contribution in [-0.4, -0.2) is 16.8 Å². The number of nitrogens with two attached hydrogens (primary N) is 1. The van der Waals surface area contributed by atoms with Gasteiger partial charge in [-0.3, -0.25) is 4.79 Å². The number of ketones is 1. The van der Waals surface area contributed by atoms with Crippen LogP contribution in [0, 0.1) is 0 Å². The summed E-state index contributed by atoms with van der Waals surface area (Å²) in [6.07, 6.45) is 2.14. The van der Waals surface area contributed by atoms with E-state index in [0.29, 0.717) is 12.2 Å². The molecule has 0 aliphatic heterocycles. The van der Waals surface area contributed by atoms with E-state index < -0.39 is 6.04 Å². The highest BCUT2D eigenvalue weighted by Gasteiger charge is 2.19. The summed E-state index contributed by atoms with van der Waals surface area (Å²) in [6.45, 7) is 1.85. The Hall–Kier alpha value is -1.46. The molecule has 4 nitrogen and oxygen atoms in total. The standard InChI is InChI=1S/C11H12N2O2S/c1-2-7(12)10(14)11-13-6-8(15-11)9-4-3-5-16-9/h3-7H,2,12H2,1H3/t7-/m0/s1. The lowest BCUT2D eigenvalue weighted by Crippen LogP contribution is -2.29. The van der Waals surface area contributed by atoms with Crippen molar-refractivity contribution in [3.8, 4) is 10.6 Å². The fourth-order valence-electron chi connectivity index (χ4n) is 1.26. The summed E-state index contributed by atoms with van der Waals surface area (Å²) in [4.78, 5) is 16.6. The van der Waals surface area contributed by atoms with Crippen molar-refractivity contribution in [2.45, 2.75) is 19.4 Å². The lowest BCUT2D eigenvalue weighted by Gasteiger charge is -2.02. The SMILES string of the molecule is CC[C@H](N)C(=O)c1ncc(-c2cccs2)o1. The Labute approximate surface area is 97.1 Å². The molecule has 2 rings (SSSR count). The number of carbonyl (C=O) groups excluding carboxylic acids is 1. The normalized spacial score (nSPS) is 12.6. The van der Waals surface area contributed by atoms with Crippen molar-refractivity contribution in [1.29, 1.82) is 0 Å². The Morgan fingerprint density at radius 3 is 3.12 bits per heavy atom. The molecule has 84 valence electrons. The van der Waals surface area contributed by atoms with Crippen LogP contribution in [0.15, 0.2) is 28.1 Å². The average molecular weight is 236 g/mol. The van der Waals surface area contributed by atoms with Crippen molar-refractivity contribution in [2.24, 2.45) is 5.73 Å². The molecule has 5 heteroatoms. The molecule has 2 heterocycles. The molecule has 0 bridgehead atoms. The predicted molar refractivity (Wildman–Crippen MR) is 62.4 cm³/mol. The lowest BCUT2D eigenvalue weighted by atomic mass is 10.1. The van der Waals surface area contributed by atoms with E-state index in [0.717, 1.165) is 4.88 Å². The van der Waals surface area contributed by atoms with Gasteiger partial charge in [-0.25, -0.2) is 4.98 Å². The third-order valence-corrected chi connectivity index (χ3v) is 3.14. The van der Waals surface area contributed by atoms with Crippen molar-refractivity contribution >= 4 is 17.1 Å². The molecule has 0 radical (unpaired) electrons. The second kappa shape index (κ2) is 4.59. The third-order valence-electron chi connectivity index (χ3n) is 2.26. The van der Waals surface area contributed by atoms with Gasteiger partial charge in [0.1, 0.15) is 0 Å². The molecule has 0 aliphatic carbocycles. The molecule has 0 fully saturated rings. The molecule has 0 aliphatic rings. The Balaban J connectivity index is 2.23. The molecular weight excluding hydrogens is 224 g/mol. The molecule has 0 saturated carbocycles. The van der Waals surface area contributed by atoms with E-state index in [1.807, 2.05) is 24.4 Å². The van der Waals surface area contributed by atoms with Gasteiger partial charge in [-0.1, -0.05) is 13.0 Å². The first kappa shape index (κ1) is 11.0. The fraction of sp³-hybridized carbons (Fsp3) is 0.273. The maximum atomic E-state index is 11.7. The maximum Gasteiger partial charge on any atom is 0.265 e. The molecule has 0 spiro atoms. The Bertz CT molecular complexity index is 476. The highest BCUT2D eigenvalue weighted by atomic mass is 32.1. The van der Waals surface area contributed by atoms with Crippen molar-refractivity contribution in [2.75, 3.05) is 0 Å². The van der Waals surface area contributed by atoms with Gasteiger partial charge < -0.3 is 10.2 Å². The van der Waals surface area contributed by atoms with Gasteiger partial charge in [-0.2, -0.15) is 0 Å². The molecule has 1 atom stereocenters. The number of thiophene rings is 1. The molecule has 0 amide bonds. The summed E-state index contributed by atoms with van der Waals surface area (Å²) in [5, 5.41) is 1.94. The molecule has 0 saturated heterocycles. The van der Waals surface area contributed by atoms with Gasteiger partial charge in [0, 0.05) is 0 Å². The molecule has 2 aromatic heterocycles. The molecular formula is C11H12N2O2S. The number of carbonyl (C=O) groups is 1. The second-order valence-electron chi connectivity index (χ2n) is 3.39. The number of hydrogen-bond acceptors (Lipinski definition) is 5. The van der Waals surface area contributed by atoms with E-state index in [2.05, 4.69) is 4.98 Å². The van der Waals surface area contributed by atoms with Gasteiger partial charge in [-0.15, -0.1) is 11.3 Å². The maximum absolute atomic E-state index is 11.7.